The molecule has 3 N–H and O–H groups in total. The first-order valence-corrected chi connectivity index (χ1v) is 19.2. The molecule has 12 heteroatoms. The maximum atomic E-state index is 11.9. The molecule has 0 amide bonds. The molecule has 2 aromatic rings. The van der Waals surface area contributed by atoms with Crippen LogP contribution in [0.3, 0.4) is 0 Å². The van der Waals surface area contributed by atoms with E-state index in [2.05, 4.69) is 35.7 Å². The summed E-state index contributed by atoms with van der Waals surface area (Å²) >= 11 is 6.37. The zero-order valence-corrected chi connectivity index (χ0v) is 29.4. The van der Waals surface area contributed by atoms with E-state index in [0.717, 1.165) is 40.3 Å². The first-order chi connectivity index (χ1) is 21.9. The summed E-state index contributed by atoms with van der Waals surface area (Å²) in [7, 11) is -7.67. The molecule has 0 radical (unpaired) electrons. The van der Waals surface area contributed by atoms with Crippen molar-refractivity contribution in [3.05, 3.63) is 88.6 Å². The lowest BCUT2D eigenvalue weighted by Gasteiger charge is -2.26. The number of halogens is 1. The van der Waals surface area contributed by atoms with Crippen molar-refractivity contribution in [3.8, 4) is 0 Å². The predicted molar refractivity (Wildman–Crippen MR) is 189 cm³/mol. The monoisotopic (exact) mass is 702 g/mol. The number of hydrogen-bond donors (Lipinski definition) is 3. The van der Waals surface area contributed by atoms with Gasteiger partial charge in [-0.1, -0.05) is 58.3 Å². The van der Waals surface area contributed by atoms with Crippen molar-refractivity contribution in [3.63, 3.8) is 0 Å². The van der Waals surface area contributed by atoms with Crippen LogP contribution in [0.4, 0.5) is 11.4 Å². The minimum Gasteiger partial charge on any atom is -0.778 e. The van der Waals surface area contributed by atoms with Crippen LogP contribution in [0.15, 0.2) is 77.4 Å². The van der Waals surface area contributed by atoms with E-state index in [4.69, 9.17) is 16.7 Å². The van der Waals surface area contributed by atoms with Crippen molar-refractivity contribution in [1.82, 2.24) is 0 Å². The largest absolute Gasteiger partial charge is 0.778 e. The van der Waals surface area contributed by atoms with E-state index in [0.29, 0.717) is 43.7 Å². The van der Waals surface area contributed by atoms with Gasteiger partial charge in [-0.2, -0.15) is 13.0 Å². The minimum atomic E-state index is -4.39. The van der Waals surface area contributed by atoms with E-state index in [1.165, 1.54) is 12.1 Å². The highest BCUT2D eigenvalue weighted by Crippen LogP contribution is 2.47. The molecule has 2 atom stereocenters. The summed E-state index contributed by atoms with van der Waals surface area (Å²) in [6.45, 7) is 6.93. The van der Waals surface area contributed by atoms with Gasteiger partial charge < -0.3 is 15.0 Å². The zero-order valence-electron chi connectivity index (χ0n) is 27.0. The van der Waals surface area contributed by atoms with Crippen LogP contribution in [-0.2, 0) is 35.5 Å². The van der Waals surface area contributed by atoms with Gasteiger partial charge in [0.25, 0.3) is 10.1 Å². The molecule has 0 aromatic heterocycles. The van der Waals surface area contributed by atoms with Gasteiger partial charge in [0.1, 0.15) is 6.54 Å². The molecule has 9 nitrogen and oxygen atoms in total. The van der Waals surface area contributed by atoms with Crippen molar-refractivity contribution in [2.24, 2.45) is 0 Å². The van der Waals surface area contributed by atoms with Gasteiger partial charge in [-0.05, 0) is 82.0 Å². The number of fused-ring (bicyclic) bond motifs is 2. The van der Waals surface area contributed by atoms with Gasteiger partial charge in [0.15, 0.2) is 5.71 Å². The Kier molecular flexibility index (Phi) is 11.3. The number of carboxylic acids is 1. The van der Waals surface area contributed by atoms with E-state index in [1.807, 2.05) is 49.4 Å². The number of anilines is 1. The Morgan fingerprint density at radius 1 is 1.00 bits per heavy atom. The Labute approximate surface area is 283 Å². The average Bonchev–Trinajstić information content (AvgIpc) is 3.36. The lowest BCUT2D eigenvalue weighted by Crippen LogP contribution is -2.28. The van der Waals surface area contributed by atoms with Gasteiger partial charge in [0.2, 0.25) is 5.69 Å². The standard InChI is InChI=1S/C35H43ClN2O7S2/c1-34(2)28-23-25(36)16-19-30(28)38(21-11-12-22-46(4,41)42)32(34)14-8-5-7-13-31-35(3,20-10-6-9-15-33(39)40)27-24-26(47(43,44)45)17-18-29(27)37-31/h5,7-8,13-14,16-19,23-24H,4,6,9-12,15,20-22H2,1-3H3,(H3,39,40,41,42,43,44,45). The van der Waals surface area contributed by atoms with Crippen LogP contribution in [0.5, 0.6) is 0 Å². The van der Waals surface area contributed by atoms with Crippen molar-refractivity contribution in [2.75, 3.05) is 17.6 Å². The van der Waals surface area contributed by atoms with E-state index < -0.39 is 31.3 Å². The molecule has 0 saturated heterocycles. The van der Waals surface area contributed by atoms with Crippen LogP contribution in [0.1, 0.15) is 76.8 Å². The van der Waals surface area contributed by atoms with Crippen LogP contribution in [0.25, 0.3) is 0 Å². The van der Waals surface area contributed by atoms with Gasteiger partial charge in [-0.3, -0.25) is 13.6 Å². The molecule has 2 aliphatic heterocycles. The van der Waals surface area contributed by atoms with Crippen LogP contribution in [0, 0.1) is 0 Å². The molecule has 2 unspecified atom stereocenters. The van der Waals surface area contributed by atoms with Crippen LogP contribution in [0.2, 0.25) is 5.02 Å². The molecular formula is C35H43ClN2O7S2. The summed E-state index contributed by atoms with van der Waals surface area (Å²) in [4.78, 5) is 10.8. The van der Waals surface area contributed by atoms with E-state index in [9.17, 15) is 26.5 Å². The molecular weight excluding hydrogens is 660 g/mol. The maximum absolute atomic E-state index is 11.9. The van der Waals surface area contributed by atoms with Crippen molar-refractivity contribution < 1.29 is 36.2 Å². The molecule has 0 aliphatic carbocycles. The molecule has 0 bridgehead atoms. The lowest BCUT2D eigenvalue weighted by molar-refractivity contribution is -0.438. The minimum absolute atomic E-state index is 0.0383. The van der Waals surface area contributed by atoms with Gasteiger partial charge >= 0.3 is 5.97 Å². The molecule has 2 aliphatic rings. The summed E-state index contributed by atoms with van der Waals surface area (Å²) in [5, 5.41) is 13.1. The fraction of sp³-hybridized carbons (Fsp3) is 0.400. The van der Waals surface area contributed by atoms with Crippen LogP contribution in [-0.4, -0.2) is 61.3 Å². The number of carboxylic acid groups (broad SMARTS) is 1. The fourth-order valence-corrected chi connectivity index (χ4v) is 7.77. The number of rotatable bonds is 15. The quantitative estimate of drug-likeness (QED) is 0.0591. The number of nitrogens with one attached hydrogen (secondary N) is 1. The Hall–Kier alpha value is -3.22. The van der Waals surface area contributed by atoms with Crippen LogP contribution >= 0.6 is 11.6 Å². The molecule has 0 fully saturated rings. The van der Waals surface area contributed by atoms with E-state index in [-0.39, 0.29) is 22.5 Å². The predicted octanol–water partition coefficient (Wildman–Crippen LogP) is 7.00. The van der Waals surface area contributed by atoms with Gasteiger partial charge in [0.05, 0.1) is 10.3 Å². The summed E-state index contributed by atoms with van der Waals surface area (Å²) in [5.74, 6) is 2.43. The molecule has 4 rings (SSSR count). The second-order valence-corrected chi connectivity index (χ2v) is 16.6. The van der Waals surface area contributed by atoms with Gasteiger partial charge in [0, 0.05) is 58.1 Å². The van der Waals surface area contributed by atoms with Crippen molar-refractivity contribution in [2.45, 2.75) is 81.4 Å². The second kappa shape index (κ2) is 14.5. The van der Waals surface area contributed by atoms with E-state index in [1.54, 1.807) is 6.07 Å². The Balaban J connectivity index is 1.60. The summed E-state index contributed by atoms with van der Waals surface area (Å²) < 4.78 is 58.9. The molecule has 254 valence electrons. The Bertz CT molecular complexity index is 1880. The normalized spacial score (nSPS) is 20.9. The number of benzene rings is 2. The zero-order chi connectivity index (χ0) is 34.6. The molecule has 0 saturated carbocycles. The number of allylic oxidation sites excluding steroid dienone is 6. The lowest BCUT2D eigenvalue weighted by atomic mass is 9.77. The highest BCUT2D eigenvalue weighted by atomic mass is 35.5. The first-order valence-electron chi connectivity index (χ1n) is 15.6. The molecule has 2 heterocycles. The Morgan fingerprint density at radius 2 is 1.74 bits per heavy atom. The molecule has 0 spiro atoms. The third-order valence-electron chi connectivity index (χ3n) is 8.99. The first kappa shape index (κ1) is 36.6. The number of nitrogens with zero attached hydrogens (tertiary/aromatic N) is 1. The van der Waals surface area contributed by atoms with Crippen molar-refractivity contribution in [1.29, 1.82) is 0 Å². The van der Waals surface area contributed by atoms with Crippen LogP contribution < -0.4 is 5.32 Å². The highest BCUT2D eigenvalue weighted by molar-refractivity contribution is 7.95. The third-order valence-corrected chi connectivity index (χ3v) is 11.0. The second-order valence-electron chi connectivity index (χ2n) is 12.9. The fourth-order valence-electron chi connectivity index (χ4n) is 6.45. The maximum Gasteiger partial charge on any atom is 0.303 e. The summed E-state index contributed by atoms with van der Waals surface area (Å²) in [6.07, 6.45) is 13.7. The molecule has 47 heavy (non-hydrogen) atoms. The van der Waals surface area contributed by atoms with Gasteiger partial charge in [-0.25, -0.2) is 0 Å². The smallest absolute Gasteiger partial charge is 0.303 e. The van der Waals surface area contributed by atoms with Gasteiger partial charge in [-0.15, -0.1) is 0 Å². The number of unbranched alkanes of at least 4 members (excludes halogenated alkanes) is 3. The highest BCUT2D eigenvalue weighted by Gasteiger charge is 2.44. The van der Waals surface area contributed by atoms with E-state index >= 15 is 0 Å². The Morgan fingerprint density at radius 3 is 2.43 bits per heavy atom. The number of aliphatic carboxylic acids is 1. The number of carbonyl (C=O) groups is 1. The topological polar surface area (TPSA) is 147 Å². The number of hydrogen-bond acceptors (Lipinski definition) is 6. The SMILES string of the molecule is C=S(=O)([O-])CCCC[N+]1=C(/C=C/C=C/C=C2/Nc3ccc(S(=O)(=O)O)cc3C2(C)CCCCCC(=O)O)C(C)(C)c2cc(Cl)ccc21. The summed E-state index contributed by atoms with van der Waals surface area (Å²) in [5.41, 5.74) is 4.62. The molecule has 2 aromatic carbocycles. The summed E-state index contributed by atoms with van der Waals surface area (Å²) in [6, 6.07) is 10.4. The average molecular weight is 703 g/mol. The van der Waals surface area contributed by atoms with Crippen molar-refractivity contribution >= 4 is 60.4 Å². The third kappa shape index (κ3) is 8.83.